The van der Waals surface area contributed by atoms with Crippen LogP contribution in [0.1, 0.15) is 45.4 Å². The van der Waals surface area contributed by atoms with Crippen LogP contribution in [0.5, 0.6) is 5.75 Å². The molecule has 2 bridgehead atoms. The van der Waals surface area contributed by atoms with Gasteiger partial charge in [0.2, 0.25) is 5.91 Å². The lowest BCUT2D eigenvalue weighted by Gasteiger charge is -2.38. The third kappa shape index (κ3) is 3.27. The van der Waals surface area contributed by atoms with Crippen LogP contribution < -0.4 is 10.1 Å². The van der Waals surface area contributed by atoms with Crippen LogP contribution in [0, 0.1) is 17.8 Å². The molecule has 4 rings (SSSR count). The van der Waals surface area contributed by atoms with Crippen molar-refractivity contribution in [2.75, 3.05) is 11.9 Å². The highest BCUT2D eigenvalue weighted by molar-refractivity contribution is 7.22. The fourth-order valence-corrected chi connectivity index (χ4v) is 5.27. The van der Waals surface area contributed by atoms with Crippen LogP contribution in [0.3, 0.4) is 0 Å². The molecule has 5 heteroatoms. The Morgan fingerprint density at radius 2 is 2.08 bits per heavy atom. The van der Waals surface area contributed by atoms with Crippen molar-refractivity contribution < 1.29 is 9.53 Å². The molecule has 2 atom stereocenters. The average molecular weight is 344 g/mol. The van der Waals surface area contributed by atoms with E-state index in [4.69, 9.17) is 4.74 Å². The van der Waals surface area contributed by atoms with Crippen LogP contribution in [0.4, 0.5) is 5.13 Å². The molecule has 2 saturated carbocycles. The number of anilines is 1. The minimum absolute atomic E-state index is 0.163. The summed E-state index contributed by atoms with van der Waals surface area (Å²) in [6, 6.07) is 5.88. The van der Waals surface area contributed by atoms with Gasteiger partial charge >= 0.3 is 0 Å². The highest BCUT2D eigenvalue weighted by Crippen LogP contribution is 2.43. The quantitative estimate of drug-likeness (QED) is 0.862. The minimum atomic E-state index is 0.163. The summed E-state index contributed by atoms with van der Waals surface area (Å²) in [6.45, 7) is 2.62. The standard InChI is InChI=1S/C19H24N2O2S/c1-2-23-15-6-7-16-17(11-15)24-19(20-16)21-18(22)14-9-12-4-3-5-13(8-12)10-14/h6-7,11-14H,2-5,8-10H2,1H3,(H,20,21,22). The summed E-state index contributed by atoms with van der Waals surface area (Å²) in [5.74, 6) is 2.71. The summed E-state index contributed by atoms with van der Waals surface area (Å²) >= 11 is 1.53. The fourth-order valence-electron chi connectivity index (χ4n) is 4.37. The molecule has 0 aliphatic heterocycles. The molecule has 1 aromatic carbocycles. The normalized spacial score (nSPS) is 26.3. The molecular weight excluding hydrogens is 320 g/mol. The SMILES string of the molecule is CCOc1ccc2nc(NC(=O)C3CC4CCCC(C4)C3)sc2c1. The second kappa shape index (κ2) is 6.71. The number of ether oxygens (including phenoxy) is 1. The highest BCUT2D eigenvalue weighted by atomic mass is 32.1. The molecule has 2 fully saturated rings. The van der Waals surface area contributed by atoms with E-state index in [9.17, 15) is 4.79 Å². The number of hydrogen-bond donors (Lipinski definition) is 1. The Morgan fingerprint density at radius 1 is 1.29 bits per heavy atom. The van der Waals surface area contributed by atoms with Gasteiger partial charge in [0.1, 0.15) is 5.75 Å². The number of rotatable bonds is 4. The fraction of sp³-hybridized carbons (Fsp3) is 0.579. The van der Waals surface area contributed by atoms with E-state index in [2.05, 4.69) is 10.3 Å². The molecule has 0 radical (unpaired) electrons. The van der Waals surface area contributed by atoms with Gasteiger partial charge in [-0.05, 0) is 56.2 Å². The van der Waals surface area contributed by atoms with Crippen LogP contribution in [0.2, 0.25) is 0 Å². The molecule has 128 valence electrons. The summed E-state index contributed by atoms with van der Waals surface area (Å²) in [7, 11) is 0. The maximum Gasteiger partial charge on any atom is 0.229 e. The van der Waals surface area contributed by atoms with Gasteiger partial charge < -0.3 is 10.1 Å². The topological polar surface area (TPSA) is 51.2 Å². The molecule has 0 saturated heterocycles. The van der Waals surface area contributed by atoms with Crippen LogP contribution in [-0.4, -0.2) is 17.5 Å². The van der Waals surface area contributed by atoms with Crippen molar-refractivity contribution in [3.63, 3.8) is 0 Å². The van der Waals surface area contributed by atoms with E-state index in [1.165, 1.54) is 37.0 Å². The third-order valence-electron chi connectivity index (χ3n) is 5.40. The number of thiazole rings is 1. The summed E-state index contributed by atoms with van der Waals surface area (Å²) < 4.78 is 6.59. The predicted octanol–water partition coefficient (Wildman–Crippen LogP) is 4.85. The number of aromatic nitrogens is 1. The van der Waals surface area contributed by atoms with Crippen molar-refractivity contribution in [2.24, 2.45) is 17.8 Å². The Balaban J connectivity index is 1.46. The van der Waals surface area contributed by atoms with Crippen molar-refractivity contribution >= 4 is 32.6 Å². The lowest BCUT2D eigenvalue weighted by molar-refractivity contribution is -0.122. The zero-order valence-electron chi connectivity index (χ0n) is 14.1. The molecule has 2 aliphatic rings. The van der Waals surface area contributed by atoms with E-state index in [0.29, 0.717) is 11.7 Å². The lowest BCUT2D eigenvalue weighted by atomic mass is 9.68. The van der Waals surface area contributed by atoms with Gasteiger partial charge in [-0.15, -0.1) is 0 Å². The maximum absolute atomic E-state index is 12.7. The first kappa shape index (κ1) is 15.9. The molecule has 24 heavy (non-hydrogen) atoms. The third-order valence-corrected chi connectivity index (χ3v) is 6.33. The monoisotopic (exact) mass is 344 g/mol. The Morgan fingerprint density at radius 3 is 2.83 bits per heavy atom. The molecular formula is C19H24N2O2S. The molecule has 4 nitrogen and oxygen atoms in total. The second-order valence-corrected chi connectivity index (χ2v) is 8.17. The largest absolute Gasteiger partial charge is 0.494 e. The van der Waals surface area contributed by atoms with E-state index >= 15 is 0 Å². The Kier molecular flexibility index (Phi) is 4.44. The number of nitrogens with one attached hydrogen (secondary N) is 1. The Bertz CT molecular complexity index is 730. The smallest absolute Gasteiger partial charge is 0.229 e. The first-order valence-electron chi connectivity index (χ1n) is 9.05. The molecule has 1 N–H and O–H groups in total. The predicted molar refractivity (Wildman–Crippen MR) is 97.6 cm³/mol. The molecule has 2 aliphatic carbocycles. The maximum atomic E-state index is 12.7. The minimum Gasteiger partial charge on any atom is -0.494 e. The van der Waals surface area contributed by atoms with Crippen molar-refractivity contribution in [3.8, 4) is 5.75 Å². The van der Waals surface area contributed by atoms with Crippen LogP contribution in [0.15, 0.2) is 18.2 Å². The van der Waals surface area contributed by atoms with Crippen molar-refractivity contribution in [3.05, 3.63) is 18.2 Å². The zero-order chi connectivity index (χ0) is 16.5. The van der Waals surface area contributed by atoms with Gasteiger partial charge in [-0.25, -0.2) is 4.98 Å². The summed E-state index contributed by atoms with van der Waals surface area (Å²) in [4.78, 5) is 17.2. The summed E-state index contributed by atoms with van der Waals surface area (Å²) in [5, 5.41) is 3.78. The van der Waals surface area contributed by atoms with Gasteiger partial charge in [0.15, 0.2) is 5.13 Å². The molecule has 2 aromatic rings. The molecule has 2 unspecified atom stereocenters. The first-order chi connectivity index (χ1) is 11.7. The number of nitrogens with zero attached hydrogens (tertiary/aromatic N) is 1. The van der Waals surface area contributed by atoms with E-state index in [0.717, 1.165) is 40.6 Å². The highest BCUT2D eigenvalue weighted by Gasteiger charge is 2.35. The number of amides is 1. The van der Waals surface area contributed by atoms with Gasteiger partial charge in [0, 0.05) is 5.92 Å². The van der Waals surface area contributed by atoms with Crippen molar-refractivity contribution in [2.45, 2.75) is 45.4 Å². The van der Waals surface area contributed by atoms with E-state index in [1.807, 2.05) is 25.1 Å². The van der Waals surface area contributed by atoms with Crippen molar-refractivity contribution in [1.82, 2.24) is 4.98 Å². The van der Waals surface area contributed by atoms with Crippen LogP contribution in [-0.2, 0) is 4.79 Å². The second-order valence-electron chi connectivity index (χ2n) is 7.14. The lowest BCUT2D eigenvalue weighted by Crippen LogP contribution is -2.33. The number of hydrogen-bond acceptors (Lipinski definition) is 4. The number of benzene rings is 1. The zero-order valence-corrected chi connectivity index (χ0v) is 14.9. The molecule has 1 amide bonds. The van der Waals surface area contributed by atoms with E-state index < -0.39 is 0 Å². The van der Waals surface area contributed by atoms with Gasteiger partial charge in [0.05, 0.1) is 16.8 Å². The van der Waals surface area contributed by atoms with Gasteiger partial charge in [-0.3, -0.25) is 4.79 Å². The molecule has 0 spiro atoms. The van der Waals surface area contributed by atoms with Gasteiger partial charge in [-0.2, -0.15) is 0 Å². The molecule has 1 heterocycles. The van der Waals surface area contributed by atoms with Gasteiger partial charge in [-0.1, -0.05) is 30.6 Å². The summed E-state index contributed by atoms with van der Waals surface area (Å²) in [6.07, 6.45) is 7.42. The first-order valence-corrected chi connectivity index (χ1v) is 9.87. The van der Waals surface area contributed by atoms with Crippen molar-refractivity contribution in [1.29, 1.82) is 0 Å². The Labute approximate surface area is 146 Å². The number of carbonyl (C=O) groups excluding carboxylic acids is 1. The number of fused-ring (bicyclic) bond motifs is 3. The summed E-state index contributed by atoms with van der Waals surface area (Å²) in [5.41, 5.74) is 0.916. The number of carbonyl (C=O) groups is 1. The molecule has 1 aromatic heterocycles. The Hall–Kier alpha value is -1.62. The van der Waals surface area contributed by atoms with Gasteiger partial charge in [0.25, 0.3) is 0 Å². The van der Waals surface area contributed by atoms with E-state index in [-0.39, 0.29) is 11.8 Å². The average Bonchev–Trinajstić information content (AvgIpc) is 2.96. The van der Waals surface area contributed by atoms with Crippen LogP contribution in [0.25, 0.3) is 10.2 Å². The van der Waals surface area contributed by atoms with E-state index in [1.54, 1.807) is 0 Å². The van der Waals surface area contributed by atoms with Crippen LogP contribution >= 0.6 is 11.3 Å².